The van der Waals surface area contributed by atoms with E-state index < -0.39 is 6.04 Å². The fourth-order valence-electron chi connectivity index (χ4n) is 6.34. The van der Waals surface area contributed by atoms with E-state index in [1.807, 2.05) is 50.5 Å². The van der Waals surface area contributed by atoms with Gasteiger partial charge in [-0.05, 0) is 94.9 Å². The van der Waals surface area contributed by atoms with Crippen molar-refractivity contribution in [2.75, 3.05) is 30.9 Å². The lowest BCUT2D eigenvalue weighted by molar-refractivity contribution is -0.124. The van der Waals surface area contributed by atoms with E-state index in [9.17, 15) is 14.4 Å². The number of anilines is 2. The second-order valence-electron chi connectivity index (χ2n) is 12.6. The Morgan fingerprint density at radius 1 is 0.804 bits per heavy atom. The minimum absolute atomic E-state index is 0.0358. The van der Waals surface area contributed by atoms with Crippen molar-refractivity contribution in [3.05, 3.63) is 83.0 Å². The summed E-state index contributed by atoms with van der Waals surface area (Å²) in [6.07, 6.45) is 9.68. The summed E-state index contributed by atoms with van der Waals surface area (Å²) in [6.45, 7) is 0.496. The molecule has 2 aliphatic rings. The maximum absolute atomic E-state index is 13.5. The Hall–Kier alpha value is -4.47. The summed E-state index contributed by atoms with van der Waals surface area (Å²) in [5.74, 6) is 1.15. The molecule has 2 aliphatic carbocycles. The van der Waals surface area contributed by atoms with Crippen LogP contribution < -0.4 is 26.2 Å². The summed E-state index contributed by atoms with van der Waals surface area (Å²) in [5, 5.41) is 12.7. The molecule has 244 valence electrons. The van der Waals surface area contributed by atoms with Gasteiger partial charge in [0.15, 0.2) is 0 Å². The van der Waals surface area contributed by atoms with Gasteiger partial charge in [-0.1, -0.05) is 36.4 Å². The Bertz CT molecular complexity index is 1460. The molecule has 3 amide bonds. The van der Waals surface area contributed by atoms with Gasteiger partial charge in [0, 0.05) is 49.4 Å². The Balaban J connectivity index is 1.12. The van der Waals surface area contributed by atoms with Crippen molar-refractivity contribution in [2.45, 2.75) is 88.8 Å². The van der Waals surface area contributed by atoms with E-state index in [4.69, 9.17) is 9.97 Å². The standard InChI is InChI=1S/C36H47N7O3/c1-43(2)32-29-17-9-10-18-30(29)41-36(42-32)39-28-22-20-27(21-23-28)38-35(46)31(40-34(45)26-15-7-4-8-16-26)19-11-12-24-37-33(44)25-13-5-3-6-14-25/h3-8,13-16,27-28,31H,9-12,17-24H2,1-2H3,(H,37,44)(H,38,46)(H,40,45)(H,39,41,42)/t27-,28+,31?. The van der Waals surface area contributed by atoms with Gasteiger partial charge in [0.1, 0.15) is 11.9 Å². The van der Waals surface area contributed by atoms with Gasteiger partial charge in [-0.15, -0.1) is 0 Å². The molecule has 0 saturated heterocycles. The third-order valence-electron chi connectivity index (χ3n) is 8.89. The Labute approximate surface area is 272 Å². The summed E-state index contributed by atoms with van der Waals surface area (Å²) in [5.41, 5.74) is 3.58. The number of hydrogen-bond acceptors (Lipinski definition) is 7. The van der Waals surface area contributed by atoms with Crippen LogP contribution in [0, 0.1) is 0 Å². The van der Waals surface area contributed by atoms with E-state index in [-0.39, 0.29) is 29.8 Å². The normalized spacial score (nSPS) is 18.0. The van der Waals surface area contributed by atoms with Gasteiger partial charge in [0.05, 0.1) is 5.69 Å². The number of carbonyl (C=O) groups excluding carboxylic acids is 3. The van der Waals surface area contributed by atoms with Crippen LogP contribution in [0.15, 0.2) is 60.7 Å². The number of unbranched alkanes of at least 4 members (excludes halogenated alkanes) is 1. The van der Waals surface area contributed by atoms with E-state index in [2.05, 4.69) is 26.2 Å². The number of carbonyl (C=O) groups is 3. The van der Waals surface area contributed by atoms with Gasteiger partial charge in [-0.25, -0.2) is 4.98 Å². The van der Waals surface area contributed by atoms with Gasteiger partial charge < -0.3 is 26.2 Å². The molecule has 1 aromatic heterocycles. The number of nitrogens with one attached hydrogen (secondary N) is 4. The molecule has 0 bridgehead atoms. The molecule has 10 nitrogen and oxygen atoms in total. The average molecular weight is 626 g/mol. The SMILES string of the molecule is CN(C)c1nc(N[C@H]2CC[C@@H](NC(=O)C(CCCCNC(=O)c3ccccc3)NC(=O)c3ccccc3)CC2)nc2c1CCCC2. The number of aromatic nitrogens is 2. The number of fused-ring (bicyclic) bond motifs is 1. The monoisotopic (exact) mass is 625 g/mol. The van der Waals surface area contributed by atoms with Gasteiger partial charge in [-0.2, -0.15) is 4.98 Å². The molecule has 1 atom stereocenters. The van der Waals surface area contributed by atoms with Gasteiger partial charge >= 0.3 is 0 Å². The predicted molar refractivity (Wildman–Crippen MR) is 181 cm³/mol. The summed E-state index contributed by atoms with van der Waals surface area (Å²) < 4.78 is 0. The molecule has 1 unspecified atom stereocenters. The molecule has 4 N–H and O–H groups in total. The van der Waals surface area contributed by atoms with E-state index >= 15 is 0 Å². The number of aryl methyl sites for hydroxylation is 1. The van der Waals surface area contributed by atoms with Crippen molar-refractivity contribution < 1.29 is 14.4 Å². The van der Waals surface area contributed by atoms with Crippen molar-refractivity contribution in [3.8, 4) is 0 Å². The smallest absolute Gasteiger partial charge is 0.251 e. The second-order valence-corrected chi connectivity index (χ2v) is 12.6. The quantitative estimate of drug-likeness (QED) is 0.204. The molecule has 3 aromatic rings. The molecule has 10 heteroatoms. The maximum atomic E-state index is 13.5. The Morgan fingerprint density at radius 3 is 2.11 bits per heavy atom. The van der Waals surface area contributed by atoms with Crippen LogP contribution in [0.1, 0.15) is 89.8 Å². The molecular formula is C36H47N7O3. The molecule has 0 spiro atoms. The Kier molecular flexibility index (Phi) is 11.6. The fraction of sp³-hybridized carbons (Fsp3) is 0.472. The fourth-order valence-corrected chi connectivity index (χ4v) is 6.34. The molecule has 1 saturated carbocycles. The highest BCUT2D eigenvalue weighted by Gasteiger charge is 2.28. The first kappa shape index (κ1) is 32.9. The van der Waals surface area contributed by atoms with Gasteiger partial charge in [-0.3, -0.25) is 14.4 Å². The van der Waals surface area contributed by atoms with Crippen LogP contribution in [-0.2, 0) is 17.6 Å². The highest BCUT2D eigenvalue weighted by Crippen LogP contribution is 2.29. The van der Waals surface area contributed by atoms with Crippen LogP contribution in [0.4, 0.5) is 11.8 Å². The molecule has 0 radical (unpaired) electrons. The third kappa shape index (κ3) is 9.05. The van der Waals surface area contributed by atoms with E-state index in [0.717, 1.165) is 50.0 Å². The van der Waals surface area contributed by atoms with Crippen molar-refractivity contribution in [3.63, 3.8) is 0 Å². The molecule has 5 rings (SSSR count). The Morgan fingerprint density at radius 2 is 1.43 bits per heavy atom. The van der Waals surface area contributed by atoms with Crippen LogP contribution in [0.25, 0.3) is 0 Å². The van der Waals surface area contributed by atoms with E-state index in [1.54, 1.807) is 24.3 Å². The summed E-state index contributed by atoms with van der Waals surface area (Å²) in [6, 6.07) is 17.7. The molecule has 46 heavy (non-hydrogen) atoms. The van der Waals surface area contributed by atoms with Crippen LogP contribution in [0.5, 0.6) is 0 Å². The van der Waals surface area contributed by atoms with Gasteiger partial charge in [0.25, 0.3) is 11.8 Å². The number of hydrogen-bond donors (Lipinski definition) is 4. The van der Waals surface area contributed by atoms with E-state index in [1.165, 1.54) is 18.4 Å². The van der Waals surface area contributed by atoms with Crippen LogP contribution in [0.3, 0.4) is 0 Å². The second kappa shape index (κ2) is 16.2. The van der Waals surface area contributed by atoms with E-state index in [0.29, 0.717) is 42.9 Å². The van der Waals surface area contributed by atoms with Gasteiger partial charge in [0.2, 0.25) is 11.9 Å². The van der Waals surface area contributed by atoms with Crippen molar-refractivity contribution >= 4 is 29.5 Å². The first-order valence-corrected chi connectivity index (χ1v) is 16.7. The number of nitrogens with zero attached hydrogens (tertiary/aromatic N) is 3. The number of amides is 3. The molecule has 1 fully saturated rings. The molecule has 1 heterocycles. The predicted octanol–water partition coefficient (Wildman–Crippen LogP) is 4.66. The zero-order valence-corrected chi connectivity index (χ0v) is 27.1. The number of benzene rings is 2. The van der Waals surface area contributed by atoms with Crippen molar-refractivity contribution in [2.24, 2.45) is 0 Å². The minimum Gasteiger partial charge on any atom is -0.362 e. The topological polar surface area (TPSA) is 128 Å². The first-order valence-electron chi connectivity index (χ1n) is 16.7. The summed E-state index contributed by atoms with van der Waals surface area (Å²) in [4.78, 5) is 50.7. The third-order valence-corrected chi connectivity index (χ3v) is 8.89. The van der Waals surface area contributed by atoms with Crippen molar-refractivity contribution in [1.82, 2.24) is 25.9 Å². The maximum Gasteiger partial charge on any atom is 0.251 e. The lowest BCUT2D eigenvalue weighted by Gasteiger charge is -2.31. The zero-order valence-electron chi connectivity index (χ0n) is 27.1. The van der Waals surface area contributed by atoms with Crippen LogP contribution in [0.2, 0.25) is 0 Å². The average Bonchev–Trinajstić information content (AvgIpc) is 3.08. The minimum atomic E-state index is -0.665. The first-order chi connectivity index (χ1) is 22.4. The summed E-state index contributed by atoms with van der Waals surface area (Å²) >= 11 is 0. The molecule has 2 aromatic carbocycles. The van der Waals surface area contributed by atoms with Crippen molar-refractivity contribution in [1.29, 1.82) is 0 Å². The zero-order chi connectivity index (χ0) is 32.3. The largest absolute Gasteiger partial charge is 0.362 e. The highest BCUT2D eigenvalue weighted by atomic mass is 16.2. The highest BCUT2D eigenvalue weighted by molar-refractivity contribution is 5.97. The van der Waals surface area contributed by atoms with Crippen LogP contribution in [-0.4, -0.2) is 66.5 Å². The number of rotatable bonds is 13. The lowest BCUT2D eigenvalue weighted by atomic mass is 9.91. The lowest BCUT2D eigenvalue weighted by Crippen LogP contribution is -2.50. The summed E-state index contributed by atoms with van der Waals surface area (Å²) in [7, 11) is 4.07. The molecular weight excluding hydrogens is 578 g/mol. The molecule has 0 aliphatic heterocycles. The van der Waals surface area contributed by atoms with Crippen LogP contribution >= 0.6 is 0 Å².